The van der Waals surface area contributed by atoms with Crippen molar-refractivity contribution in [3.63, 3.8) is 0 Å². The molecule has 11 heteroatoms. The molecule has 4 rings (SSSR count). The van der Waals surface area contributed by atoms with Gasteiger partial charge in [-0.3, -0.25) is 10.1 Å². The van der Waals surface area contributed by atoms with Gasteiger partial charge in [-0.2, -0.15) is 4.31 Å². The van der Waals surface area contributed by atoms with Gasteiger partial charge in [0.15, 0.2) is 5.13 Å². The summed E-state index contributed by atoms with van der Waals surface area (Å²) in [6.45, 7) is 0.471. The van der Waals surface area contributed by atoms with Gasteiger partial charge < -0.3 is 4.74 Å². The van der Waals surface area contributed by atoms with Crippen LogP contribution in [0.2, 0.25) is 0 Å². The molecule has 0 spiro atoms. The lowest BCUT2D eigenvalue weighted by molar-refractivity contribution is 0.0600. The highest BCUT2D eigenvalue weighted by atomic mass is 32.2. The molecule has 8 nitrogen and oxygen atoms in total. The minimum absolute atomic E-state index is 0.106. The van der Waals surface area contributed by atoms with Crippen LogP contribution in [-0.4, -0.2) is 43.2 Å². The van der Waals surface area contributed by atoms with Crippen LogP contribution in [-0.2, 0) is 27.7 Å². The lowest BCUT2D eigenvalue weighted by Crippen LogP contribution is -2.35. The molecule has 0 unspecified atom stereocenters. The number of benzene rings is 1. The molecule has 0 atom stereocenters. The molecule has 0 saturated heterocycles. The number of thiazole rings is 1. The highest BCUT2D eigenvalue weighted by molar-refractivity contribution is 7.89. The van der Waals surface area contributed by atoms with E-state index in [1.807, 2.05) is 5.38 Å². The van der Waals surface area contributed by atoms with Crippen LogP contribution < -0.4 is 5.32 Å². The summed E-state index contributed by atoms with van der Waals surface area (Å²) in [5.41, 5.74) is 1.08. The molecule has 1 N–H and O–H groups in total. The van der Waals surface area contributed by atoms with E-state index in [0.29, 0.717) is 16.4 Å². The Kier molecular flexibility index (Phi) is 5.69. The molecule has 0 radical (unpaired) electrons. The Balaban J connectivity index is 1.50. The number of carbonyl (C=O) groups excluding carboxylic acids is 2. The molecule has 0 saturated carbocycles. The summed E-state index contributed by atoms with van der Waals surface area (Å²) >= 11 is 2.62. The molecule has 0 bridgehead atoms. The first-order valence-electron chi connectivity index (χ1n) is 8.90. The first-order valence-corrected chi connectivity index (χ1v) is 12.0. The summed E-state index contributed by atoms with van der Waals surface area (Å²) in [7, 11) is -2.46. The number of esters is 1. The Bertz CT molecular complexity index is 1180. The molecule has 3 heterocycles. The second kappa shape index (κ2) is 8.26. The van der Waals surface area contributed by atoms with Crippen LogP contribution in [0.15, 0.2) is 46.7 Å². The standard InChI is InChI=1S/C19H17N3O5S3/c1-27-18(24)12-4-6-13(7-5-12)30(25,26)22-9-8-14-16(11-22)29-19(20-14)21-17(23)15-3-2-10-28-15/h2-7,10H,8-9,11H2,1H3,(H,20,21,23). The molecule has 1 aromatic carbocycles. The lowest BCUT2D eigenvalue weighted by Gasteiger charge is -2.25. The number of rotatable bonds is 5. The number of ether oxygens (including phenoxy) is 1. The molecular formula is C19H17N3O5S3. The Morgan fingerprint density at radius 1 is 1.20 bits per heavy atom. The summed E-state index contributed by atoms with van der Waals surface area (Å²) in [5, 5.41) is 5.06. The number of amides is 1. The Hall–Kier alpha value is -2.60. The van der Waals surface area contributed by atoms with Gasteiger partial charge in [0.2, 0.25) is 10.0 Å². The third-order valence-electron chi connectivity index (χ3n) is 4.57. The van der Waals surface area contributed by atoms with E-state index in [1.54, 1.807) is 12.1 Å². The van der Waals surface area contributed by atoms with E-state index in [9.17, 15) is 18.0 Å². The van der Waals surface area contributed by atoms with E-state index in [0.717, 1.165) is 10.6 Å². The van der Waals surface area contributed by atoms with Crippen molar-refractivity contribution in [1.29, 1.82) is 0 Å². The van der Waals surface area contributed by atoms with E-state index < -0.39 is 16.0 Å². The Morgan fingerprint density at radius 3 is 2.63 bits per heavy atom. The molecule has 0 aliphatic carbocycles. The van der Waals surface area contributed by atoms with Crippen molar-refractivity contribution in [3.05, 3.63) is 62.8 Å². The first-order chi connectivity index (χ1) is 14.4. The number of aromatic nitrogens is 1. The van der Waals surface area contributed by atoms with Gasteiger partial charge >= 0.3 is 5.97 Å². The van der Waals surface area contributed by atoms with Crippen LogP contribution in [0, 0.1) is 0 Å². The monoisotopic (exact) mass is 463 g/mol. The number of hydrogen-bond acceptors (Lipinski definition) is 8. The van der Waals surface area contributed by atoms with E-state index in [-0.39, 0.29) is 29.5 Å². The molecule has 0 fully saturated rings. The lowest BCUT2D eigenvalue weighted by atomic mass is 10.2. The number of carbonyl (C=O) groups is 2. The third kappa shape index (κ3) is 4.01. The van der Waals surface area contributed by atoms with Crippen molar-refractivity contribution in [2.24, 2.45) is 0 Å². The van der Waals surface area contributed by atoms with Gasteiger partial charge in [0.25, 0.3) is 5.91 Å². The normalized spacial score (nSPS) is 14.2. The number of sulfonamides is 1. The molecule has 1 amide bonds. The fourth-order valence-electron chi connectivity index (χ4n) is 3.03. The van der Waals surface area contributed by atoms with Crippen LogP contribution in [0.25, 0.3) is 0 Å². The second-order valence-corrected chi connectivity index (χ2v) is 10.4. The van der Waals surface area contributed by atoms with Gasteiger partial charge in [-0.1, -0.05) is 6.07 Å². The number of hydrogen-bond donors (Lipinski definition) is 1. The number of nitrogens with one attached hydrogen (secondary N) is 1. The van der Waals surface area contributed by atoms with Crippen molar-refractivity contribution in [1.82, 2.24) is 9.29 Å². The van der Waals surface area contributed by atoms with Gasteiger partial charge in [0, 0.05) is 17.8 Å². The van der Waals surface area contributed by atoms with Crippen molar-refractivity contribution in [2.45, 2.75) is 17.9 Å². The molecular weight excluding hydrogens is 446 g/mol. The number of fused-ring (bicyclic) bond motifs is 1. The highest BCUT2D eigenvalue weighted by Gasteiger charge is 2.30. The van der Waals surface area contributed by atoms with E-state index in [4.69, 9.17) is 0 Å². The fraction of sp³-hybridized carbons (Fsp3) is 0.211. The average molecular weight is 464 g/mol. The Morgan fingerprint density at radius 2 is 1.97 bits per heavy atom. The fourth-order valence-corrected chi connectivity index (χ4v) is 6.16. The zero-order chi connectivity index (χ0) is 21.3. The number of nitrogens with zero attached hydrogens (tertiary/aromatic N) is 2. The van der Waals surface area contributed by atoms with Crippen molar-refractivity contribution < 1.29 is 22.7 Å². The minimum Gasteiger partial charge on any atom is -0.465 e. The predicted molar refractivity (Wildman–Crippen MR) is 113 cm³/mol. The number of thiophene rings is 1. The largest absolute Gasteiger partial charge is 0.465 e. The first kappa shape index (κ1) is 20.7. The van der Waals surface area contributed by atoms with Crippen molar-refractivity contribution >= 4 is 49.7 Å². The molecule has 1 aliphatic heterocycles. The summed E-state index contributed by atoms with van der Waals surface area (Å²) in [5.74, 6) is -0.755. The average Bonchev–Trinajstić information content (AvgIpc) is 3.42. The van der Waals surface area contributed by atoms with Crippen LogP contribution in [0.4, 0.5) is 5.13 Å². The SMILES string of the molecule is COC(=O)c1ccc(S(=O)(=O)N2CCc3nc(NC(=O)c4cccs4)sc3C2)cc1. The van der Waals surface area contributed by atoms with Crippen molar-refractivity contribution in [2.75, 3.05) is 19.0 Å². The summed E-state index contributed by atoms with van der Waals surface area (Å²) in [6.07, 6.45) is 0.459. The Labute approximate surface area is 181 Å². The van der Waals surface area contributed by atoms with Gasteiger partial charge in [-0.15, -0.1) is 22.7 Å². The second-order valence-electron chi connectivity index (χ2n) is 6.42. The number of methoxy groups -OCH3 is 1. The molecule has 1 aliphatic rings. The zero-order valence-corrected chi connectivity index (χ0v) is 18.3. The van der Waals surface area contributed by atoms with Crippen LogP contribution in [0.3, 0.4) is 0 Å². The van der Waals surface area contributed by atoms with Crippen molar-refractivity contribution in [3.8, 4) is 0 Å². The van der Waals surface area contributed by atoms with Gasteiger partial charge in [-0.05, 0) is 35.7 Å². The van der Waals surface area contributed by atoms with Crippen LogP contribution in [0.5, 0.6) is 0 Å². The quantitative estimate of drug-likeness (QED) is 0.583. The van der Waals surface area contributed by atoms with Gasteiger partial charge in [0.1, 0.15) is 0 Å². The summed E-state index contributed by atoms with van der Waals surface area (Å²) in [4.78, 5) is 29.7. The summed E-state index contributed by atoms with van der Waals surface area (Å²) in [6, 6.07) is 9.19. The predicted octanol–water partition coefficient (Wildman–Crippen LogP) is 2.99. The smallest absolute Gasteiger partial charge is 0.337 e. The molecule has 30 heavy (non-hydrogen) atoms. The van der Waals surface area contributed by atoms with Gasteiger partial charge in [0.05, 0.1) is 34.7 Å². The van der Waals surface area contributed by atoms with Gasteiger partial charge in [-0.25, -0.2) is 18.2 Å². The molecule has 3 aromatic rings. The van der Waals surface area contributed by atoms with E-state index in [2.05, 4.69) is 15.0 Å². The van der Waals surface area contributed by atoms with Crippen LogP contribution in [0.1, 0.15) is 30.6 Å². The number of anilines is 1. The molecule has 156 valence electrons. The summed E-state index contributed by atoms with van der Waals surface area (Å²) < 4.78 is 32.0. The van der Waals surface area contributed by atoms with E-state index >= 15 is 0 Å². The molecule has 2 aromatic heterocycles. The maximum absolute atomic E-state index is 13.0. The minimum atomic E-state index is -3.73. The highest BCUT2D eigenvalue weighted by Crippen LogP contribution is 2.31. The van der Waals surface area contributed by atoms with E-state index in [1.165, 1.54) is 58.4 Å². The third-order valence-corrected chi connectivity index (χ3v) is 8.30. The van der Waals surface area contributed by atoms with Crippen LogP contribution >= 0.6 is 22.7 Å². The maximum atomic E-state index is 13.0. The zero-order valence-electron chi connectivity index (χ0n) is 15.8. The topological polar surface area (TPSA) is 106 Å². The maximum Gasteiger partial charge on any atom is 0.337 e.